The van der Waals surface area contributed by atoms with Crippen LogP contribution < -0.4 is 5.32 Å². The minimum absolute atomic E-state index is 0.306. The van der Waals surface area contributed by atoms with Gasteiger partial charge in [0, 0.05) is 0 Å². The summed E-state index contributed by atoms with van der Waals surface area (Å²) in [6.07, 6.45) is -5.76. The van der Waals surface area contributed by atoms with Crippen LogP contribution in [-0.2, 0) is 19.1 Å². The molecule has 0 aromatic rings. The van der Waals surface area contributed by atoms with Gasteiger partial charge < -0.3 is 30.1 Å². The Morgan fingerprint density at radius 3 is 2.59 bits per heavy atom. The average Bonchev–Trinajstić information content (AvgIpc) is 2.34. The molecular weight excluding hydrogens is 234 g/mol. The molecule has 2 aliphatic heterocycles. The summed E-state index contributed by atoms with van der Waals surface area (Å²) in [5.41, 5.74) is 0. The van der Waals surface area contributed by atoms with Gasteiger partial charge in [-0.3, -0.25) is 9.59 Å². The van der Waals surface area contributed by atoms with Crippen LogP contribution in [0.1, 0.15) is 0 Å². The highest BCUT2D eigenvalue weighted by atomic mass is 16.7. The van der Waals surface area contributed by atoms with Gasteiger partial charge in [0.05, 0.1) is 6.61 Å². The molecule has 6 atom stereocenters. The van der Waals surface area contributed by atoms with Crippen LogP contribution in [0.25, 0.3) is 0 Å². The summed E-state index contributed by atoms with van der Waals surface area (Å²) < 4.78 is 10.2. The van der Waals surface area contributed by atoms with Crippen molar-refractivity contribution in [3.8, 4) is 0 Å². The molecule has 17 heavy (non-hydrogen) atoms. The van der Waals surface area contributed by atoms with Crippen molar-refractivity contribution in [2.45, 2.75) is 36.7 Å². The second kappa shape index (κ2) is 4.67. The highest BCUT2D eigenvalue weighted by molar-refractivity contribution is 5.95. The summed E-state index contributed by atoms with van der Waals surface area (Å²) in [6, 6.07) is -0.962. The number of aldehydes is 1. The number of morpholine rings is 1. The van der Waals surface area contributed by atoms with E-state index in [1.54, 1.807) is 0 Å². The van der Waals surface area contributed by atoms with Crippen LogP contribution in [0.4, 0.5) is 0 Å². The van der Waals surface area contributed by atoms with Crippen molar-refractivity contribution in [1.82, 2.24) is 5.32 Å². The number of fused-ring (bicyclic) bond motifs is 1. The smallest absolute Gasteiger partial charge is 0.257 e. The number of hydrogen-bond donors (Lipinski definition) is 4. The Hall–Kier alpha value is -1.06. The molecule has 2 aliphatic rings. The highest BCUT2D eigenvalue weighted by Gasteiger charge is 2.49. The van der Waals surface area contributed by atoms with Crippen LogP contribution in [0.5, 0.6) is 0 Å². The molecule has 1 unspecified atom stereocenters. The zero-order valence-electron chi connectivity index (χ0n) is 8.72. The monoisotopic (exact) mass is 247 g/mol. The lowest BCUT2D eigenvalue weighted by Crippen LogP contribution is -2.69. The van der Waals surface area contributed by atoms with Crippen LogP contribution in [-0.4, -0.2) is 70.9 Å². The van der Waals surface area contributed by atoms with E-state index in [1.165, 1.54) is 0 Å². The van der Waals surface area contributed by atoms with Crippen molar-refractivity contribution in [2.24, 2.45) is 0 Å². The number of aliphatic hydroxyl groups excluding tert-OH is 3. The fourth-order valence-electron chi connectivity index (χ4n) is 1.90. The van der Waals surface area contributed by atoms with Crippen molar-refractivity contribution in [2.75, 3.05) is 6.61 Å². The summed E-state index contributed by atoms with van der Waals surface area (Å²) in [7, 11) is 0. The van der Waals surface area contributed by atoms with Crippen LogP contribution >= 0.6 is 0 Å². The summed E-state index contributed by atoms with van der Waals surface area (Å²) in [5.74, 6) is -0.696. The van der Waals surface area contributed by atoms with Crippen LogP contribution in [0.2, 0.25) is 0 Å². The van der Waals surface area contributed by atoms with E-state index in [4.69, 9.17) is 14.6 Å². The quantitative estimate of drug-likeness (QED) is 0.295. The van der Waals surface area contributed by atoms with E-state index in [9.17, 15) is 19.8 Å². The predicted molar refractivity (Wildman–Crippen MR) is 50.6 cm³/mol. The number of hydrogen-bond acceptors (Lipinski definition) is 7. The molecule has 0 spiro atoms. The van der Waals surface area contributed by atoms with Crippen LogP contribution in [0, 0.1) is 0 Å². The first-order valence-electron chi connectivity index (χ1n) is 5.12. The number of carbonyl (C=O) groups excluding carboxylic acids is 2. The van der Waals surface area contributed by atoms with Gasteiger partial charge in [0.25, 0.3) is 5.91 Å². The average molecular weight is 247 g/mol. The Morgan fingerprint density at radius 1 is 1.29 bits per heavy atom. The van der Waals surface area contributed by atoms with Crippen molar-refractivity contribution >= 4 is 12.2 Å². The van der Waals surface area contributed by atoms with Crippen molar-refractivity contribution < 1.29 is 34.4 Å². The topological polar surface area (TPSA) is 125 Å². The Labute approximate surface area is 96.1 Å². The molecule has 8 heteroatoms. The van der Waals surface area contributed by atoms with Gasteiger partial charge in [-0.15, -0.1) is 0 Å². The van der Waals surface area contributed by atoms with Gasteiger partial charge in [-0.2, -0.15) is 0 Å². The van der Waals surface area contributed by atoms with Crippen molar-refractivity contribution in [3.05, 3.63) is 0 Å². The fourth-order valence-corrected chi connectivity index (χ4v) is 1.90. The second-order valence-electron chi connectivity index (χ2n) is 3.93. The molecular formula is C9H13NO7. The molecule has 0 aliphatic carbocycles. The van der Waals surface area contributed by atoms with Gasteiger partial charge >= 0.3 is 0 Å². The lowest BCUT2D eigenvalue weighted by Gasteiger charge is -2.45. The molecule has 0 radical (unpaired) electrons. The highest BCUT2D eigenvalue weighted by Crippen LogP contribution is 2.25. The maximum atomic E-state index is 11.3. The zero-order chi connectivity index (χ0) is 12.6. The Balaban J connectivity index is 2.15. The summed E-state index contributed by atoms with van der Waals surface area (Å²) in [6.45, 7) is -0.509. The lowest BCUT2D eigenvalue weighted by atomic mass is 9.96. The molecule has 2 saturated heterocycles. The molecule has 8 nitrogen and oxygen atoms in total. The normalized spacial score (nSPS) is 45.9. The minimum Gasteiger partial charge on any atom is -0.394 e. The number of rotatable bonds is 2. The summed E-state index contributed by atoms with van der Waals surface area (Å²) in [5, 5.41) is 30.6. The standard InChI is InChI=1S/C9H13NO7/c11-1-3-6(13)7(14)5-9(16-3)17-4(2-12)8(15)10-5/h2-7,9,11,13-14H,1H2,(H,10,15)/t3-,4?,5-,6+,7-,9+/m1/s1. The predicted octanol–water partition coefficient (Wildman–Crippen LogP) is -3.49. The molecule has 0 bridgehead atoms. The summed E-state index contributed by atoms with van der Waals surface area (Å²) >= 11 is 0. The van der Waals surface area contributed by atoms with E-state index < -0.39 is 49.3 Å². The minimum atomic E-state index is -1.34. The number of nitrogens with one attached hydrogen (secondary N) is 1. The first-order valence-corrected chi connectivity index (χ1v) is 5.12. The lowest BCUT2D eigenvalue weighted by molar-refractivity contribution is -0.285. The third-order valence-electron chi connectivity index (χ3n) is 2.85. The third kappa shape index (κ3) is 2.05. The molecule has 2 heterocycles. The van der Waals surface area contributed by atoms with Gasteiger partial charge in [-0.1, -0.05) is 0 Å². The van der Waals surface area contributed by atoms with E-state index in [0.29, 0.717) is 6.29 Å². The van der Waals surface area contributed by atoms with E-state index >= 15 is 0 Å². The molecule has 96 valence electrons. The second-order valence-corrected chi connectivity index (χ2v) is 3.93. The van der Waals surface area contributed by atoms with E-state index in [1.807, 2.05) is 0 Å². The maximum Gasteiger partial charge on any atom is 0.257 e. The van der Waals surface area contributed by atoms with Gasteiger partial charge in [0.2, 0.25) is 0 Å². The van der Waals surface area contributed by atoms with Gasteiger partial charge in [0.15, 0.2) is 18.7 Å². The molecule has 1 amide bonds. The van der Waals surface area contributed by atoms with E-state index in [0.717, 1.165) is 0 Å². The largest absolute Gasteiger partial charge is 0.394 e. The first kappa shape index (κ1) is 12.4. The number of ether oxygens (including phenoxy) is 2. The Bertz CT molecular complexity index is 322. The molecule has 0 aromatic carbocycles. The number of amides is 1. The molecule has 2 fully saturated rings. The van der Waals surface area contributed by atoms with Crippen LogP contribution in [0.3, 0.4) is 0 Å². The fraction of sp³-hybridized carbons (Fsp3) is 0.778. The molecule has 4 N–H and O–H groups in total. The van der Waals surface area contributed by atoms with Crippen molar-refractivity contribution in [3.63, 3.8) is 0 Å². The van der Waals surface area contributed by atoms with Crippen molar-refractivity contribution in [1.29, 1.82) is 0 Å². The number of carbonyl (C=O) groups is 2. The summed E-state index contributed by atoms with van der Waals surface area (Å²) in [4.78, 5) is 21.9. The SMILES string of the molecule is O=CC1O[C@@H]2O[C@H](CO)[C@H](O)[C@H](O)[C@H]2NC1=O. The maximum absolute atomic E-state index is 11.3. The molecule has 0 saturated carbocycles. The van der Waals surface area contributed by atoms with E-state index in [2.05, 4.69) is 5.32 Å². The molecule has 2 rings (SSSR count). The van der Waals surface area contributed by atoms with E-state index in [-0.39, 0.29) is 0 Å². The van der Waals surface area contributed by atoms with Gasteiger partial charge in [-0.05, 0) is 0 Å². The first-order chi connectivity index (χ1) is 8.08. The Kier molecular flexibility index (Phi) is 3.40. The van der Waals surface area contributed by atoms with Gasteiger partial charge in [-0.25, -0.2) is 0 Å². The molecule has 0 aromatic heterocycles. The van der Waals surface area contributed by atoms with Crippen LogP contribution in [0.15, 0.2) is 0 Å². The van der Waals surface area contributed by atoms with Gasteiger partial charge in [0.1, 0.15) is 24.4 Å². The Morgan fingerprint density at radius 2 is 2.00 bits per heavy atom. The third-order valence-corrected chi connectivity index (χ3v) is 2.85. The number of aliphatic hydroxyl groups is 3. The zero-order valence-corrected chi connectivity index (χ0v) is 8.72.